The Hall–Kier alpha value is -1.69. The molecule has 0 radical (unpaired) electrons. The maximum absolute atomic E-state index is 12.4. The zero-order valence-corrected chi connectivity index (χ0v) is 12.6. The molecule has 2 rings (SSSR count). The average molecular weight is 278 g/mol. The molecule has 6 heteroatoms. The largest absolute Gasteiger partial charge is 0.363 e. The van der Waals surface area contributed by atoms with E-state index in [-0.39, 0.29) is 11.0 Å². The molecule has 102 valence electrons. The van der Waals surface area contributed by atoms with Gasteiger partial charge in [-0.25, -0.2) is 0 Å². The molecule has 0 fully saturated rings. The summed E-state index contributed by atoms with van der Waals surface area (Å²) in [6.07, 6.45) is 0. The van der Waals surface area contributed by atoms with Gasteiger partial charge in [0.05, 0.1) is 5.56 Å². The number of nitrogens with one attached hydrogen (secondary N) is 1. The lowest BCUT2D eigenvalue weighted by Crippen LogP contribution is -2.28. The third-order valence-corrected chi connectivity index (χ3v) is 3.92. The summed E-state index contributed by atoms with van der Waals surface area (Å²) in [6, 6.07) is 3.82. The smallest absolute Gasteiger partial charge is 0.260 e. The molecular weight excluding hydrogens is 260 g/mol. The number of pyridine rings is 1. The van der Waals surface area contributed by atoms with Crippen molar-refractivity contribution in [3.8, 4) is 10.6 Å². The van der Waals surface area contributed by atoms with Crippen LogP contribution in [0.2, 0.25) is 0 Å². The second-order valence-electron chi connectivity index (χ2n) is 5.41. The molecule has 0 aliphatic heterocycles. The third-order valence-electron chi connectivity index (χ3n) is 2.94. The molecule has 0 aromatic carbocycles. The van der Waals surface area contributed by atoms with E-state index < -0.39 is 0 Å². The molecule has 5 nitrogen and oxygen atoms in total. The summed E-state index contributed by atoms with van der Waals surface area (Å²) in [6.45, 7) is 6.27. The third kappa shape index (κ3) is 2.53. The molecule has 19 heavy (non-hydrogen) atoms. The summed E-state index contributed by atoms with van der Waals surface area (Å²) in [4.78, 5) is 12.4. The van der Waals surface area contributed by atoms with Gasteiger partial charge < -0.3 is 9.88 Å². The normalized spacial score (nSPS) is 11.6. The number of rotatable bonds is 2. The van der Waals surface area contributed by atoms with Crippen molar-refractivity contribution in [1.29, 1.82) is 0 Å². The van der Waals surface area contributed by atoms with Crippen LogP contribution in [0.1, 0.15) is 26.5 Å². The molecule has 0 bridgehead atoms. The van der Waals surface area contributed by atoms with Gasteiger partial charge in [-0.1, -0.05) is 32.1 Å². The van der Waals surface area contributed by atoms with Gasteiger partial charge >= 0.3 is 0 Å². The van der Waals surface area contributed by atoms with Crippen molar-refractivity contribution in [2.75, 3.05) is 12.4 Å². The van der Waals surface area contributed by atoms with Crippen LogP contribution in [-0.4, -0.2) is 21.8 Å². The molecule has 2 aromatic heterocycles. The van der Waals surface area contributed by atoms with Crippen LogP contribution in [0.15, 0.2) is 16.9 Å². The Morgan fingerprint density at radius 2 is 1.95 bits per heavy atom. The fraction of sp³-hybridized carbons (Fsp3) is 0.462. The average Bonchev–Trinajstić information content (AvgIpc) is 2.79. The first-order chi connectivity index (χ1) is 8.84. The van der Waals surface area contributed by atoms with Crippen molar-refractivity contribution in [3.63, 3.8) is 0 Å². The van der Waals surface area contributed by atoms with Crippen molar-refractivity contribution < 1.29 is 0 Å². The van der Waals surface area contributed by atoms with Crippen LogP contribution in [0.4, 0.5) is 5.13 Å². The van der Waals surface area contributed by atoms with Crippen molar-refractivity contribution in [3.05, 3.63) is 28.2 Å². The Labute approximate surface area is 116 Å². The quantitative estimate of drug-likeness (QED) is 0.915. The molecule has 0 saturated heterocycles. The van der Waals surface area contributed by atoms with Gasteiger partial charge in [0.25, 0.3) is 5.56 Å². The molecule has 2 aromatic rings. The van der Waals surface area contributed by atoms with E-state index in [1.165, 1.54) is 11.3 Å². The molecular formula is C13H18N4OS. The summed E-state index contributed by atoms with van der Waals surface area (Å²) >= 11 is 1.38. The SMILES string of the molecule is CNc1nnc(-c2ccc(C(C)(C)C)n(C)c2=O)s1. The predicted molar refractivity (Wildman–Crippen MR) is 78.8 cm³/mol. The number of anilines is 1. The standard InChI is InChI=1S/C13H18N4OS/c1-13(2,3)9-7-6-8(11(18)17(9)5)10-15-16-12(14-4)19-10/h6-7H,1-5H3,(H,14,16). The minimum atomic E-state index is -0.0658. The minimum absolute atomic E-state index is 0.0359. The summed E-state index contributed by atoms with van der Waals surface area (Å²) in [5.74, 6) is 0. The zero-order valence-electron chi connectivity index (χ0n) is 11.8. The Balaban J connectivity index is 2.56. The fourth-order valence-electron chi connectivity index (χ4n) is 1.98. The van der Waals surface area contributed by atoms with E-state index in [1.54, 1.807) is 18.7 Å². The van der Waals surface area contributed by atoms with Crippen LogP contribution < -0.4 is 10.9 Å². The van der Waals surface area contributed by atoms with Gasteiger partial charge in [0.1, 0.15) is 0 Å². The second kappa shape index (κ2) is 4.77. The van der Waals surface area contributed by atoms with Crippen LogP contribution in [0.3, 0.4) is 0 Å². The lowest BCUT2D eigenvalue weighted by molar-refractivity contribution is 0.531. The van der Waals surface area contributed by atoms with E-state index in [0.29, 0.717) is 15.7 Å². The summed E-state index contributed by atoms with van der Waals surface area (Å²) < 4.78 is 1.69. The highest BCUT2D eigenvalue weighted by Crippen LogP contribution is 2.26. The van der Waals surface area contributed by atoms with Gasteiger partial charge in [0, 0.05) is 25.2 Å². The number of aromatic nitrogens is 3. The topological polar surface area (TPSA) is 59.8 Å². The first kappa shape index (κ1) is 13.7. The van der Waals surface area contributed by atoms with Crippen molar-refractivity contribution in [2.24, 2.45) is 7.05 Å². The molecule has 2 heterocycles. The van der Waals surface area contributed by atoms with Gasteiger partial charge in [-0.2, -0.15) is 0 Å². The first-order valence-corrected chi connectivity index (χ1v) is 6.88. The van der Waals surface area contributed by atoms with Crippen LogP contribution in [-0.2, 0) is 12.5 Å². The molecule has 0 spiro atoms. The van der Waals surface area contributed by atoms with Crippen molar-refractivity contribution >= 4 is 16.5 Å². The number of hydrogen-bond acceptors (Lipinski definition) is 5. The van der Waals surface area contributed by atoms with Crippen LogP contribution >= 0.6 is 11.3 Å². The first-order valence-electron chi connectivity index (χ1n) is 6.06. The lowest BCUT2D eigenvalue weighted by Gasteiger charge is -2.22. The highest BCUT2D eigenvalue weighted by atomic mass is 32.1. The van der Waals surface area contributed by atoms with E-state index in [0.717, 1.165) is 5.69 Å². The summed E-state index contributed by atoms with van der Waals surface area (Å²) in [5, 5.41) is 12.3. The van der Waals surface area contributed by atoms with Crippen LogP contribution in [0.5, 0.6) is 0 Å². The highest BCUT2D eigenvalue weighted by molar-refractivity contribution is 7.18. The monoisotopic (exact) mass is 278 g/mol. The van der Waals surface area contributed by atoms with Crippen molar-refractivity contribution in [2.45, 2.75) is 26.2 Å². The Morgan fingerprint density at radius 1 is 1.26 bits per heavy atom. The number of hydrogen-bond donors (Lipinski definition) is 1. The number of nitrogens with zero attached hydrogens (tertiary/aromatic N) is 3. The van der Waals surface area contributed by atoms with Gasteiger partial charge in [-0.3, -0.25) is 4.79 Å². The van der Waals surface area contributed by atoms with E-state index in [4.69, 9.17) is 0 Å². The van der Waals surface area contributed by atoms with E-state index in [1.807, 2.05) is 12.1 Å². The Kier molecular flexibility index (Phi) is 3.45. The van der Waals surface area contributed by atoms with Gasteiger partial charge in [0.15, 0.2) is 5.01 Å². The maximum Gasteiger partial charge on any atom is 0.260 e. The predicted octanol–water partition coefficient (Wildman–Crippen LogP) is 2.24. The molecule has 0 saturated carbocycles. The van der Waals surface area contributed by atoms with E-state index in [9.17, 15) is 4.79 Å². The van der Waals surface area contributed by atoms with Crippen LogP contribution in [0.25, 0.3) is 10.6 Å². The molecule has 0 aliphatic carbocycles. The fourth-order valence-corrected chi connectivity index (χ4v) is 2.70. The molecule has 1 N–H and O–H groups in total. The van der Waals surface area contributed by atoms with Crippen LogP contribution in [0, 0.1) is 0 Å². The van der Waals surface area contributed by atoms with Gasteiger partial charge in [0.2, 0.25) is 5.13 Å². The summed E-state index contributed by atoms with van der Waals surface area (Å²) in [7, 11) is 3.58. The molecule has 0 atom stereocenters. The Morgan fingerprint density at radius 3 is 2.47 bits per heavy atom. The molecule has 0 amide bonds. The Bertz CT molecular complexity index is 651. The molecule has 0 aliphatic rings. The van der Waals surface area contributed by atoms with E-state index in [2.05, 4.69) is 36.3 Å². The lowest BCUT2D eigenvalue weighted by atomic mass is 9.91. The van der Waals surface area contributed by atoms with Gasteiger partial charge in [-0.15, -0.1) is 10.2 Å². The highest BCUT2D eigenvalue weighted by Gasteiger charge is 2.20. The molecule has 0 unspecified atom stereocenters. The minimum Gasteiger partial charge on any atom is -0.363 e. The van der Waals surface area contributed by atoms with Crippen molar-refractivity contribution in [1.82, 2.24) is 14.8 Å². The second-order valence-corrected chi connectivity index (χ2v) is 6.39. The van der Waals surface area contributed by atoms with Gasteiger partial charge in [-0.05, 0) is 12.1 Å². The van der Waals surface area contributed by atoms with E-state index >= 15 is 0 Å². The zero-order chi connectivity index (χ0) is 14.2. The maximum atomic E-state index is 12.4. The summed E-state index contributed by atoms with van der Waals surface area (Å²) in [5.41, 5.74) is 1.49.